The van der Waals surface area contributed by atoms with Crippen molar-refractivity contribution in [3.8, 4) is 0 Å². The van der Waals surface area contributed by atoms with Crippen LogP contribution in [0.4, 0.5) is 5.95 Å². The first kappa shape index (κ1) is 13.9. The van der Waals surface area contributed by atoms with Crippen molar-refractivity contribution in [3.05, 3.63) is 18.0 Å². The topological polar surface area (TPSA) is 53.1 Å². The highest BCUT2D eigenvalue weighted by atomic mass is 15.1. The van der Waals surface area contributed by atoms with Crippen molar-refractivity contribution < 1.29 is 0 Å². The molecule has 0 saturated heterocycles. The van der Waals surface area contributed by atoms with E-state index in [2.05, 4.69) is 39.6 Å². The summed E-state index contributed by atoms with van der Waals surface area (Å²) in [5, 5.41) is 6.46. The third kappa shape index (κ3) is 6.19. The van der Waals surface area contributed by atoms with Crippen LogP contribution in [0.15, 0.2) is 12.4 Å². The molecule has 0 aliphatic carbocycles. The van der Waals surface area contributed by atoms with Gasteiger partial charge in [0.25, 0.3) is 0 Å². The number of hydrogen-bond acceptors (Lipinski definition) is 5. The van der Waals surface area contributed by atoms with Crippen molar-refractivity contribution in [2.75, 3.05) is 39.0 Å². The summed E-state index contributed by atoms with van der Waals surface area (Å²) in [6, 6.07) is 0. The van der Waals surface area contributed by atoms with Crippen LogP contribution in [0.5, 0.6) is 0 Å². The van der Waals surface area contributed by atoms with E-state index < -0.39 is 0 Å². The van der Waals surface area contributed by atoms with E-state index in [4.69, 9.17) is 0 Å². The molecule has 0 aliphatic rings. The Balaban J connectivity index is 2.18. The highest BCUT2D eigenvalue weighted by Gasteiger charge is 1.96. The van der Waals surface area contributed by atoms with E-state index in [0.29, 0.717) is 5.95 Å². The number of nitrogens with zero attached hydrogens (tertiary/aromatic N) is 3. The molecule has 0 atom stereocenters. The van der Waals surface area contributed by atoms with Gasteiger partial charge in [0.15, 0.2) is 0 Å². The second kappa shape index (κ2) is 7.97. The molecule has 0 fully saturated rings. The van der Waals surface area contributed by atoms with Gasteiger partial charge < -0.3 is 15.5 Å². The molecule has 0 saturated carbocycles. The first-order chi connectivity index (χ1) is 8.22. The molecule has 5 nitrogen and oxygen atoms in total. The predicted molar refractivity (Wildman–Crippen MR) is 71.1 cm³/mol. The first-order valence-corrected chi connectivity index (χ1v) is 6.12. The molecule has 5 heteroatoms. The maximum Gasteiger partial charge on any atom is 0.222 e. The van der Waals surface area contributed by atoms with Crippen LogP contribution in [0, 0.1) is 0 Å². The molecular formula is C12H23N5. The Kier molecular flexibility index (Phi) is 6.50. The fraction of sp³-hybridized carbons (Fsp3) is 0.667. The molecule has 96 valence electrons. The summed E-state index contributed by atoms with van der Waals surface area (Å²) in [6.07, 6.45) is 4.89. The van der Waals surface area contributed by atoms with Crippen molar-refractivity contribution in [1.82, 2.24) is 20.2 Å². The zero-order valence-electron chi connectivity index (χ0n) is 11.0. The molecule has 0 aliphatic heterocycles. The zero-order valence-corrected chi connectivity index (χ0v) is 11.0. The highest BCUT2D eigenvalue weighted by Crippen LogP contribution is 1.99. The number of rotatable bonds is 8. The van der Waals surface area contributed by atoms with E-state index in [0.717, 1.165) is 38.2 Å². The smallest absolute Gasteiger partial charge is 0.222 e. The number of aromatic nitrogens is 2. The third-order valence-electron chi connectivity index (χ3n) is 2.33. The van der Waals surface area contributed by atoms with Crippen LogP contribution in [-0.4, -0.2) is 48.6 Å². The Labute approximate surface area is 104 Å². The Bertz CT molecular complexity index is 296. The summed E-state index contributed by atoms with van der Waals surface area (Å²) < 4.78 is 0. The first-order valence-electron chi connectivity index (χ1n) is 6.12. The maximum absolute atomic E-state index is 4.23. The van der Waals surface area contributed by atoms with Crippen LogP contribution in [0.1, 0.15) is 18.9 Å². The minimum atomic E-state index is 0.698. The Morgan fingerprint density at radius 2 is 1.94 bits per heavy atom. The summed E-state index contributed by atoms with van der Waals surface area (Å²) in [4.78, 5) is 10.6. The van der Waals surface area contributed by atoms with Gasteiger partial charge in [0.2, 0.25) is 5.95 Å². The second-order valence-corrected chi connectivity index (χ2v) is 4.28. The van der Waals surface area contributed by atoms with Gasteiger partial charge in [0, 0.05) is 31.0 Å². The van der Waals surface area contributed by atoms with Crippen molar-refractivity contribution in [2.24, 2.45) is 0 Å². The summed E-state index contributed by atoms with van der Waals surface area (Å²) in [5.74, 6) is 0.698. The van der Waals surface area contributed by atoms with Crippen LogP contribution in [0.2, 0.25) is 0 Å². The molecule has 17 heavy (non-hydrogen) atoms. The molecule has 1 rings (SSSR count). The average Bonchev–Trinajstić information content (AvgIpc) is 2.31. The van der Waals surface area contributed by atoms with E-state index in [1.807, 2.05) is 19.3 Å². The lowest BCUT2D eigenvalue weighted by atomic mass is 10.3. The van der Waals surface area contributed by atoms with Crippen LogP contribution in [0.25, 0.3) is 0 Å². The predicted octanol–water partition coefficient (Wildman–Crippen LogP) is 0.950. The summed E-state index contributed by atoms with van der Waals surface area (Å²) >= 11 is 0. The Morgan fingerprint density at radius 1 is 1.24 bits per heavy atom. The molecule has 0 unspecified atom stereocenters. The van der Waals surface area contributed by atoms with Crippen molar-refractivity contribution >= 4 is 5.95 Å². The largest absolute Gasteiger partial charge is 0.355 e. The molecule has 0 spiro atoms. The van der Waals surface area contributed by atoms with Crippen LogP contribution >= 0.6 is 0 Å². The maximum atomic E-state index is 4.23. The monoisotopic (exact) mass is 237 g/mol. The molecule has 1 aromatic heterocycles. The van der Waals surface area contributed by atoms with Gasteiger partial charge in [-0.25, -0.2) is 9.97 Å². The average molecular weight is 237 g/mol. The normalized spacial score (nSPS) is 10.8. The molecule has 1 heterocycles. The molecule has 1 aromatic rings. The Morgan fingerprint density at radius 3 is 2.53 bits per heavy atom. The molecule has 0 amide bonds. The van der Waals surface area contributed by atoms with Crippen molar-refractivity contribution in [2.45, 2.75) is 19.9 Å². The Hall–Kier alpha value is -1.20. The fourth-order valence-corrected chi connectivity index (χ4v) is 1.45. The quantitative estimate of drug-likeness (QED) is 0.659. The van der Waals surface area contributed by atoms with Crippen LogP contribution < -0.4 is 10.6 Å². The summed E-state index contributed by atoms with van der Waals surface area (Å²) in [7, 11) is 4.18. The van der Waals surface area contributed by atoms with Gasteiger partial charge in [0.1, 0.15) is 0 Å². The zero-order chi connectivity index (χ0) is 12.5. The lowest BCUT2D eigenvalue weighted by Gasteiger charge is -2.09. The third-order valence-corrected chi connectivity index (χ3v) is 2.33. The van der Waals surface area contributed by atoms with Crippen LogP contribution in [-0.2, 0) is 6.54 Å². The van der Waals surface area contributed by atoms with Gasteiger partial charge >= 0.3 is 0 Å². The van der Waals surface area contributed by atoms with Gasteiger partial charge in [-0.1, -0.05) is 0 Å². The standard InChI is InChI=1S/C12H23N5/c1-4-14-12-15-9-11(10-16-12)8-13-6-5-7-17(2)3/h9-10,13H,4-8H2,1-3H3,(H,14,15,16). The number of nitrogens with one attached hydrogen (secondary N) is 2. The lowest BCUT2D eigenvalue weighted by Crippen LogP contribution is -2.21. The SMILES string of the molecule is CCNc1ncc(CNCCCN(C)C)cn1. The van der Waals surface area contributed by atoms with Crippen LogP contribution in [0.3, 0.4) is 0 Å². The fourth-order valence-electron chi connectivity index (χ4n) is 1.45. The number of hydrogen-bond donors (Lipinski definition) is 2. The summed E-state index contributed by atoms with van der Waals surface area (Å²) in [6.45, 7) is 5.85. The molecule has 0 aromatic carbocycles. The van der Waals surface area contributed by atoms with E-state index in [9.17, 15) is 0 Å². The lowest BCUT2D eigenvalue weighted by molar-refractivity contribution is 0.394. The molecule has 0 bridgehead atoms. The van der Waals surface area contributed by atoms with Crippen molar-refractivity contribution in [3.63, 3.8) is 0 Å². The van der Waals surface area contributed by atoms with E-state index >= 15 is 0 Å². The molecule has 2 N–H and O–H groups in total. The van der Waals surface area contributed by atoms with Crippen molar-refractivity contribution in [1.29, 1.82) is 0 Å². The second-order valence-electron chi connectivity index (χ2n) is 4.28. The van der Waals surface area contributed by atoms with Gasteiger partial charge in [-0.05, 0) is 40.5 Å². The van der Waals surface area contributed by atoms with E-state index in [1.54, 1.807) is 0 Å². The highest BCUT2D eigenvalue weighted by molar-refractivity contribution is 5.24. The molecular weight excluding hydrogens is 214 g/mol. The van der Waals surface area contributed by atoms with Gasteiger partial charge in [-0.3, -0.25) is 0 Å². The van der Waals surface area contributed by atoms with E-state index in [-0.39, 0.29) is 0 Å². The number of anilines is 1. The van der Waals surface area contributed by atoms with E-state index in [1.165, 1.54) is 0 Å². The van der Waals surface area contributed by atoms with Gasteiger partial charge in [0.05, 0.1) is 0 Å². The van der Waals surface area contributed by atoms with Gasteiger partial charge in [-0.15, -0.1) is 0 Å². The minimum absolute atomic E-state index is 0.698. The van der Waals surface area contributed by atoms with Gasteiger partial charge in [-0.2, -0.15) is 0 Å². The summed E-state index contributed by atoms with van der Waals surface area (Å²) in [5.41, 5.74) is 1.12. The molecule has 0 radical (unpaired) electrons. The minimum Gasteiger partial charge on any atom is -0.355 e.